The van der Waals surface area contributed by atoms with Crippen molar-refractivity contribution in [1.29, 1.82) is 0 Å². The Morgan fingerprint density at radius 3 is 1.48 bits per heavy atom. The van der Waals surface area contributed by atoms with Crippen LogP contribution in [0, 0.1) is 223 Å². The number of hydrogen-bond donors (Lipinski definition) is 1. The molecule has 12 rings (SSSR count). The second-order valence-corrected chi connectivity index (χ2v) is 34.9. The Balaban J connectivity index is 0.000000173. The van der Waals surface area contributed by atoms with Crippen molar-refractivity contribution in [1.82, 2.24) is 0 Å². The van der Waals surface area contributed by atoms with Crippen molar-refractivity contribution in [3.63, 3.8) is 0 Å². The molecule has 103 heavy (non-hydrogen) atoms. The van der Waals surface area contributed by atoms with Gasteiger partial charge in [0, 0.05) is 23.7 Å². The zero-order chi connectivity index (χ0) is 75.4. The lowest BCUT2D eigenvalue weighted by Gasteiger charge is -2.53. The van der Waals surface area contributed by atoms with Crippen LogP contribution in [0.2, 0.25) is 0 Å². The molecule has 0 bridgehead atoms. The fourth-order valence-corrected chi connectivity index (χ4v) is 21.6. The van der Waals surface area contributed by atoms with Crippen LogP contribution in [0.1, 0.15) is 240 Å². The normalized spacial score (nSPS) is 42.9. The maximum absolute atomic E-state index is 10.9. The molecule has 0 saturated heterocycles. The topological polar surface area (TPSA) is 131 Å². The summed E-state index contributed by atoms with van der Waals surface area (Å²) in [5, 5.41) is 10.9. The van der Waals surface area contributed by atoms with Crippen LogP contribution in [0.25, 0.3) is 0 Å². The number of aliphatic hydroxyl groups is 1. The predicted molar refractivity (Wildman–Crippen MR) is 408 cm³/mol. The van der Waals surface area contributed by atoms with Gasteiger partial charge < -0.3 is 5.11 Å². The van der Waals surface area contributed by atoms with E-state index in [2.05, 4.69) is 198 Å². The van der Waals surface area contributed by atoms with Gasteiger partial charge in [0.2, 0.25) is 0 Å². The summed E-state index contributed by atoms with van der Waals surface area (Å²) in [6.45, 7) is 40.8. The number of hydrogen-bond acceptors (Lipinski definition) is 13. The molecule has 32 unspecified atom stereocenters. The monoisotopic (exact) mass is 1420 g/mol. The average Bonchev–Trinajstić information content (AvgIpc) is 0.758. The molecule has 13 heteroatoms. The van der Waals surface area contributed by atoms with Gasteiger partial charge in [0.05, 0.1) is 5.60 Å². The molecule has 572 valence electrons. The molecule has 0 aromatic rings. The summed E-state index contributed by atoms with van der Waals surface area (Å²) in [4.78, 5) is 61.3. The standard InChI is InChI=1S/C15H24O3.C15H22O2.C15H20O2.C15H24O2.2C15H22O2/c1-5-17-18-14-11(3)7-9-15(16)8-6-10(2)12(4)13(14)15;2*1-5-16-17-15-11(3)7-9-13-8-6-10(2)12(4)14(13)15;3*1-5-16-17-15-11(3)6-7-13-9-10(2)8-12(4)14(13)15/h1,10-14,16H,6-9H2,2-4H3;1,9-12,14-15H,6-8H2,2-4H3;1,6,8-12,14-15H,7H2,2-4H3;1,10-15H,6-9H2,2-4H3;1,9,11-15H,6-8H2,2-4H3;1,9-12,14-15H,6-8H2,2-4H3. The van der Waals surface area contributed by atoms with E-state index in [9.17, 15) is 5.11 Å². The third-order valence-electron chi connectivity index (χ3n) is 27.7. The van der Waals surface area contributed by atoms with Gasteiger partial charge in [0.15, 0.2) is 36.6 Å². The minimum atomic E-state index is -0.596. The van der Waals surface area contributed by atoms with Gasteiger partial charge in [-0.1, -0.05) is 209 Å². The summed E-state index contributed by atoms with van der Waals surface area (Å²) in [6, 6.07) is 0. The first-order chi connectivity index (χ1) is 49.2. The van der Waals surface area contributed by atoms with E-state index in [1.54, 1.807) is 11.1 Å². The third-order valence-corrected chi connectivity index (χ3v) is 27.7. The van der Waals surface area contributed by atoms with E-state index < -0.39 is 5.60 Å². The van der Waals surface area contributed by atoms with E-state index in [-0.39, 0.29) is 42.5 Å². The zero-order valence-corrected chi connectivity index (χ0v) is 66.4. The summed E-state index contributed by atoms with van der Waals surface area (Å²) in [6.07, 6.45) is 78.8. The molecular formula is C90H134O13. The second kappa shape index (κ2) is 40.5. The van der Waals surface area contributed by atoms with Gasteiger partial charge in [-0.15, -0.1) is 0 Å². The lowest BCUT2D eigenvalue weighted by molar-refractivity contribution is -0.327. The first-order valence-electron chi connectivity index (χ1n) is 40.0. The Bertz CT molecular complexity index is 3060. The quantitative estimate of drug-likeness (QED) is 0.0862. The van der Waals surface area contributed by atoms with Gasteiger partial charge >= 0.3 is 0 Å². The summed E-state index contributed by atoms with van der Waals surface area (Å²) >= 11 is 0. The molecule has 0 amide bonds. The molecule has 0 aromatic heterocycles. The third kappa shape index (κ3) is 21.7. The maximum atomic E-state index is 10.9. The molecule has 0 radical (unpaired) electrons. The first-order valence-corrected chi connectivity index (χ1v) is 40.0. The Labute approximate surface area is 624 Å². The van der Waals surface area contributed by atoms with Crippen LogP contribution in [0.15, 0.2) is 58.7 Å². The summed E-state index contributed by atoms with van der Waals surface area (Å²) in [7, 11) is 0. The Kier molecular flexibility index (Phi) is 33.4. The van der Waals surface area contributed by atoms with E-state index in [0.29, 0.717) is 118 Å². The van der Waals surface area contributed by atoms with Crippen LogP contribution in [-0.4, -0.2) is 47.3 Å². The maximum Gasteiger partial charge on any atom is 0.153 e. The molecule has 0 aromatic carbocycles. The second-order valence-electron chi connectivity index (χ2n) is 34.9. The highest BCUT2D eigenvalue weighted by Crippen LogP contribution is 2.54. The predicted octanol–water partition coefficient (Wildman–Crippen LogP) is 20.3. The average molecular weight is 1420 g/mol. The van der Waals surface area contributed by atoms with E-state index in [1.165, 1.54) is 88.2 Å². The molecule has 0 aliphatic heterocycles. The van der Waals surface area contributed by atoms with E-state index in [1.807, 2.05) is 0 Å². The van der Waals surface area contributed by atoms with Crippen molar-refractivity contribution in [3.8, 4) is 75.2 Å². The minimum Gasteiger partial charge on any atom is -0.389 e. The van der Waals surface area contributed by atoms with Gasteiger partial charge in [0.1, 0.15) is 36.6 Å². The summed E-state index contributed by atoms with van der Waals surface area (Å²) in [5.41, 5.74) is 5.41. The molecule has 7 fully saturated rings. The SMILES string of the molecule is C#COOC1C(C)CC=C2C=CC(C)C(C)C21.C#COOC1C(C)CC=C2CCC(C)C(C)C21.C#COOC1C(C)CCC2(O)CCC(C)C(C)C12.C#COOC1C(C)CCC2=CC(C)CC(C)C21.C#COOC1C(C)CCC2C=C(C)CC(C)C21.C#COOC1C(C)CCC2CC(C)CC(C)C21. The Morgan fingerprint density at radius 1 is 0.408 bits per heavy atom. The highest BCUT2D eigenvalue weighted by atomic mass is 17.2. The zero-order valence-electron chi connectivity index (χ0n) is 66.4. The Hall–Kier alpha value is -5.42. The first kappa shape index (κ1) is 84.8. The van der Waals surface area contributed by atoms with Crippen molar-refractivity contribution < 1.29 is 63.8 Å². The molecule has 0 heterocycles. The van der Waals surface area contributed by atoms with Crippen LogP contribution in [0.4, 0.5) is 0 Å². The van der Waals surface area contributed by atoms with Crippen LogP contribution in [0.3, 0.4) is 0 Å². The molecular weight excluding hydrogens is 1290 g/mol. The molecule has 13 nitrogen and oxygen atoms in total. The van der Waals surface area contributed by atoms with Crippen LogP contribution < -0.4 is 0 Å². The lowest BCUT2D eigenvalue weighted by atomic mass is 9.57. The fraction of sp³-hybridized carbons (Fsp3) is 0.756. The van der Waals surface area contributed by atoms with E-state index >= 15 is 0 Å². The van der Waals surface area contributed by atoms with Gasteiger partial charge in [0.25, 0.3) is 0 Å². The molecule has 32 atom stereocenters. The Morgan fingerprint density at radius 2 is 0.883 bits per heavy atom. The lowest BCUT2D eigenvalue weighted by Crippen LogP contribution is -2.57. The van der Waals surface area contributed by atoms with Crippen LogP contribution >= 0.6 is 0 Å². The number of allylic oxidation sites excluding steroid dienone is 7. The van der Waals surface area contributed by atoms with Gasteiger partial charge in [-0.2, -0.15) is 29.3 Å². The van der Waals surface area contributed by atoms with Crippen LogP contribution in [-0.2, 0) is 58.7 Å². The molecule has 0 spiro atoms. The summed E-state index contributed by atoms with van der Waals surface area (Å²) < 4.78 is 0. The molecule has 12 aliphatic carbocycles. The van der Waals surface area contributed by atoms with Crippen molar-refractivity contribution in [2.75, 3.05) is 0 Å². The highest BCUT2D eigenvalue weighted by molar-refractivity contribution is 5.31. The van der Waals surface area contributed by atoms with Gasteiger partial charge in [-0.05, 0) is 252 Å². The van der Waals surface area contributed by atoms with Crippen LogP contribution in [0.5, 0.6) is 0 Å². The molecule has 12 aliphatic rings. The molecule has 1 N–H and O–H groups in total. The number of terminal acetylenes is 6. The smallest absolute Gasteiger partial charge is 0.153 e. The van der Waals surface area contributed by atoms with Crippen molar-refractivity contribution in [2.45, 2.75) is 282 Å². The summed E-state index contributed by atoms with van der Waals surface area (Å²) in [5.74, 6) is 14.1. The fourth-order valence-electron chi connectivity index (χ4n) is 21.6. The molecule has 7 saturated carbocycles. The number of fused-ring (bicyclic) bond motifs is 6. The van der Waals surface area contributed by atoms with Crippen molar-refractivity contribution in [2.24, 2.45) is 148 Å². The minimum absolute atomic E-state index is 0.0634. The van der Waals surface area contributed by atoms with Gasteiger partial charge in [-0.3, -0.25) is 29.3 Å². The van der Waals surface area contributed by atoms with Crippen molar-refractivity contribution >= 4 is 0 Å². The van der Waals surface area contributed by atoms with Crippen molar-refractivity contribution in [3.05, 3.63) is 58.7 Å². The highest BCUT2D eigenvalue weighted by Gasteiger charge is 2.55. The largest absolute Gasteiger partial charge is 0.389 e. The number of rotatable bonds is 12. The van der Waals surface area contributed by atoms with E-state index in [0.717, 1.165) is 62.2 Å². The van der Waals surface area contributed by atoms with E-state index in [4.69, 9.17) is 97.2 Å². The van der Waals surface area contributed by atoms with Gasteiger partial charge in [-0.25, -0.2) is 0 Å².